The lowest BCUT2D eigenvalue weighted by molar-refractivity contribution is 0.0771. The number of hydrogen-bond donors (Lipinski definition) is 0. The van der Waals surface area contributed by atoms with Crippen LogP contribution >= 0.6 is 11.6 Å². The molecule has 0 bridgehead atoms. The van der Waals surface area contributed by atoms with Crippen LogP contribution in [0.2, 0.25) is 5.02 Å². The molecule has 0 spiro atoms. The van der Waals surface area contributed by atoms with Crippen LogP contribution in [0.15, 0.2) is 30.3 Å². The van der Waals surface area contributed by atoms with Crippen LogP contribution in [0.25, 0.3) is 0 Å². The van der Waals surface area contributed by atoms with Gasteiger partial charge < -0.3 is 14.5 Å². The van der Waals surface area contributed by atoms with Gasteiger partial charge in [0, 0.05) is 33.1 Å². The summed E-state index contributed by atoms with van der Waals surface area (Å²) in [4.78, 5) is 16.0. The van der Waals surface area contributed by atoms with Crippen molar-refractivity contribution < 1.29 is 13.9 Å². The van der Waals surface area contributed by atoms with Crippen molar-refractivity contribution in [3.8, 4) is 5.88 Å². The van der Waals surface area contributed by atoms with Crippen molar-refractivity contribution in [2.45, 2.75) is 12.5 Å². The molecular weight excluding hydrogens is 347 g/mol. The number of anilines is 1. The molecule has 1 aliphatic rings. The molecule has 3 rings (SSSR count). The van der Waals surface area contributed by atoms with Crippen molar-refractivity contribution in [2.24, 2.45) is 0 Å². The van der Waals surface area contributed by atoms with E-state index in [2.05, 4.69) is 10.2 Å². The molecule has 6 nitrogen and oxygen atoms in total. The third-order valence-electron chi connectivity index (χ3n) is 3.97. The van der Waals surface area contributed by atoms with Crippen molar-refractivity contribution in [2.75, 3.05) is 32.1 Å². The SMILES string of the molecule is CN(C)c1ccc(OC2CCN(C(=O)c3ccc(F)cc3Cl)C2)nn1. The molecule has 1 aromatic carbocycles. The maximum Gasteiger partial charge on any atom is 0.255 e. The molecule has 1 saturated heterocycles. The van der Waals surface area contributed by atoms with Crippen molar-refractivity contribution in [3.63, 3.8) is 0 Å². The third kappa shape index (κ3) is 3.99. The van der Waals surface area contributed by atoms with Gasteiger partial charge in [-0.1, -0.05) is 11.6 Å². The van der Waals surface area contributed by atoms with E-state index in [9.17, 15) is 9.18 Å². The van der Waals surface area contributed by atoms with E-state index in [1.165, 1.54) is 12.1 Å². The summed E-state index contributed by atoms with van der Waals surface area (Å²) in [6.45, 7) is 0.962. The van der Waals surface area contributed by atoms with Crippen molar-refractivity contribution in [1.29, 1.82) is 0 Å². The smallest absolute Gasteiger partial charge is 0.255 e. The van der Waals surface area contributed by atoms with E-state index in [0.29, 0.717) is 31.0 Å². The molecule has 0 N–H and O–H groups in total. The second-order valence-corrected chi connectivity index (χ2v) is 6.44. The van der Waals surface area contributed by atoms with Crippen LogP contribution in [-0.4, -0.2) is 54.3 Å². The molecule has 2 heterocycles. The van der Waals surface area contributed by atoms with Crippen LogP contribution in [0.4, 0.5) is 10.2 Å². The van der Waals surface area contributed by atoms with E-state index in [1.54, 1.807) is 11.0 Å². The summed E-state index contributed by atoms with van der Waals surface area (Å²) >= 11 is 5.97. The highest BCUT2D eigenvalue weighted by molar-refractivity contribution is 6.33. The Morgan fingerprint density at radius 2 is 2.12 bits per heavy atom. The first-order chi connectivity index (χ1) is 11.9. The van der Waals surface area contributed by atoms with Crippen LogP contribution < -0.4 is 9.64 Å². The normalized spacial score (nSPS) is 16.8. The predicted octanol–water partition coefficient (Wildman–Crippen LogP) is 2.63. The zero-order valence-electron chi connectivity index (χ0n) is 13.9. The molecule has 25 heavy (non-hydrogen) atoms. The second-order valence-electron chi connectivity index (χ2n) is 6.03. The number of halogens is 2. The number of hydrogen-bond acceptors (Lipinski definition) is 5. The lowest BCUT2D eigenvalue weighted by atomic mass is 10.2. The van der Waals surface area contributed by atoms with Crippen molar-refractivity contribution >= 4 is 23.3 Å². The fourth-order valence-corrected chi connectivity index (χ4v) is 2.88. The van der Waals surface area contributed by atoms with Crippen molar-refractivity contribution in [3.05, 3.63) is 46.7 Å². The highest BCUT2D eigenvalue weighted by Gasteiger charge is 2.29. The fraction of sp³-hybridized carbons (Fsp3) is 0.353. The highest BCUT2D eigenvalue weighted by Crippen LogP contribution is 2.23. The summed E-state index contributed by atoms with van der Waals surface area (Å²) in [7, 11) is 3.76. The van der Waals surface area contributed by atoms with Gasteiger partial charge in [-0.25, -0.2) is 4.39 Å². The maximum absolute atomic E-state index is 13.1. The van der Waals surface area contributed by atoms with E-state index >= 15 is 0 Å². The number of aromatic nitrogens is 2. The minimum Gasteiger partial charge on any atom is -0.471 e. The quantitative estimate of drug-likeness (QED) is 0.834. The maximum atomic E-state index is 13.1. The molecule has 0 aliphatic carbocycles. The minimum atomic E-state index is -0.469. The standard InChI is InChI=1S/C17H18ClFN4O2/c1-22(2)15-5-6-16(21-20-15)25-12-7-8-23(10-12)17(24)13-4-3-11(19)9-14(13)18/h3-6,9,12H,7-8,10H2,1-2H3. The minimum absolute atomic E-state index is 0.111. The molecule has 1 fully saturated rings. The van der Waals surface area contributed by atoms with E-state index in [1.807, 2.05) is 25.1 Å². The zero-order valence-corrected chi connectivity index (χ0v) is 14.7. The predicted molar refractivity (Wildman–Crippen MR) is 92.7 cm³/mol. The Kier molecular flexibility index (Phi) is 5.03. The molecule has 1 aromatic heterocycles. The highest BCUT2D eigenvalue weighted by atomic mass is 35.5. The number of ether oxygens (including phenoxy) is 1. The Balaban J connectivity index is 1.62. The number of carbonyl (C=O) groups is 1. The van der Waals surface area contributed by atoms with Crippen LogP contribution in [-0.2, 0) is 0 Å². The Hall–Kier alpha value is -2.41. The first kappa shape index (κ1) is 17.4. The number of carbonyl (C=O) groups excluding carboxylic acids is 1. The van der Waals surface area contributed by atoms with Crippen LogP contribution in [0, 0.1) is 5.82 Å². The zero-order chi connectivity index (χ0) is 18.0. The molecule has 1 unspecified atom stereocenters. The second kappa shape index (κ2) is 7.23. The van der Waals surface area contributed by atoms with Crippen molar-refractivity contribution in [1.82, 2.24) is 15.1 Å². The number of amides is 1. The Labute approximate surface area is 150 Å². The van der Waals surface area contributed by atoms with Gasteiger partial charge in [0.1, 0.15) is 11.9 Å². The number of nitrogens with zero attached hydrogens (tertiary/aromatic N) is 4. The molecular formula is C17H18ClFN4O2. The van der Waals surface area contributed by atoms with E-state index in [0.717, 1.165) is 11.9 Å². The Bertz CT molecular complexity index is 770. The summed E-state index contributed by atoms with van der Waals surface area (Å²) < 4.78 is 18.9. The summed E-state index contributed by atoms with van der Waals surface area (Å²) in [5.41, 5.74) is 0.291. The van der Waals surface area contributed by atoms with Gasteiger partial charge in [0.15, 0.2) is 5.82 Å². The van der Waals surface area contributed by atoms with Gasteiger partial charge >= 0.3 is 0 Å². The first-order valence-electron chi connectivity index (χ1n) is 7.86. The molecule has 132 valence electrons. The molecule has 0 saturated carbocycles. The van der Waals surface area contributed by atoms with E-state index in [4.69, 9.17) is 16.3 Å². The third-order valence-corrected chi connectivity index (χ3v) is 4.28. The number of likely N-dealkylation sites (tertiary alicyclic amines) is 1. The lowest BCUT2D eigenvalue weighted by Crippen LogP contribution is -2.31. The van der Waals surface area contributed by atoms with Gasteiger partial charge in [-0.2, -0.15) is 0 Å². The van der Waals surface area contributed by atoms with Crippen LogP contribution in [0.1, 0.15) is 16.8 Å². The van der Waals surface area contributed by atoms with Gasteiger partial charge in [0.05, 0.1) is 17.1 Å². The Morgan fingerprint density at radius 3 is 2.76 bits per heavy atom. The van der Waals surface area contributed by atoms with Gasteiger partial charge in [-0.05, 0) is 24.3 Å². The molecule has 2 aromatic rings. The lowest BCUT2D eigenvalue weighted by Gasteiger charge is -2.18. The molecule has 0 radical (unpaired) electrons. The average Bonchev–Trinajstić information content (AvgIpc) is 3.03. The topological polar surface area (TPSA) is 58.6 Å². The first-order valence-corrected chi connectivity index (χ1v) is 8.24. The van der Waals surface area contributed by atoms with Gasteiger partial charge in [-0.3, -0.25) is 4.79 Å². The monoisotopic (exact) mass is 364 g/mol. The molecule has 1 aliphatic heterocycles. The summed E-state index contributed by atoms with van der Waals surface area (Å²) in [6, 6.07) is 7.34. The van der Waals surface area contributed by atoms with Gasteiger partial charge in [0.2, 0.25) is 5.88 Å². The number of benzene rings is 1. The van der Waals surface area contributed by atoms with E-state index < -0.39 is 5.82 Å². The molecule has 8 heteroatoms. The van der Waals surface area contributed by atoms with Crippen LogP contribution in [0.3, 0.4) is 0 Å². The average molecular weight is 365 g/mol. The van der Waals surface area contributed by atoms with Crippen LogP contribution in [0.5, 0.6) is 5.88 Å². The summed E-state index contributed by atoms with van der Waals surface area (Å²) in [6.07, 6.45) is 0.518. The largest absolute Gasteiger partial charge is 0.471 e. The number of rotatable bonds is 4. The Morgan fingerprint density at radius 1 is 1.32 bits per heavy atom. The summed E-state index contributed by atoms with van der Waals surface area (Å²) in [5.74, 6) is 0.459. The van der Waals surface area contributed by atoms with Gasteiger partial charge in [0.25, 0.3) is 5.91 Å². The van der Waals surface area contributed by atoms with Gasteiger partial charge in [-0.15, -0.1) is 10.2 Å². The molecule has 1 amide bonds. The molecule has 1 atom stereocenters. The van der Waals surface area contributed by atoms with E-state index in [-0.39, 0.29) is 17.0 Å². The fourth-order valence-electron chi connectivity index (χ4n) is 2.63. The summed E-state index contributed by atoms with van der Waals surface area (Å²) in [5, 5.41) is 8.21.